The van der Waals surface area contributed by atoms with Crippen LogP contribution in [-0.2, 0) is 7.05 Å². The van der Waals surface area contributed by atoms with Crippen LogP contribution in [0.15, 0.2) is 34.9 Å². The van der Waals surface area contributed by atoms with E-state index in [4.69, 9.17) is 4.74 Å². The van der Waals surface area contributed by atoms with Crippen molar-refractivity contribution in [1.82, 2.24) is 9.78 Å². The summed E-state index contributed by atoms with van der Waals surface area (Å²) in [4.78, 5) is 22.4. The smallest absolute Gasteiger partial charge is 0.318 e. The second-order valence-corrected chi connectivity index (χ2v) is 5.29. The molecule has 0 unspecified atom stereocenters. The number of rotatable bonds is 5. The van der Waals surface area contributed by atoms with Crippen LogP contribution >= 0.6 is 15.9 Å². The topological polar surface area (TPSA) is 87.3 Å². The van der Waals surface area contributed by atoms with Gasteiger partial charge in [-0.3, -0.25) is 19.6 Å². The number of nitro groups is 1. The van der Waals surface area contributed by atoms with E-state index in [1.165, 1.54) is 37.2 Å². The van der Waals surface area contributed by atoms with Crippen molar-refractivity contribution in [3.63, 3.8) is 0 Å². The molecule has 0 aliphatic carbocycles. The number of aryl methyl sites for hydroxylation is 1. The summed E-state index contributed by atoms with van der Waals surface area (Å²) in [6, 6.07) is 5.33. The van der Waals surface area contributed by atoms with Gasteiger partial charge < -0.3 is 4.74 Å². The van der Waals surface area contributed by atoms with Gasteiger partial charge in [-0.1, -0.05) is 15.9 Å². The second-order valence-electron chi connectivity index (χ2n) is 4.38. The summed E-state index contributed by atoms with van der Waals surface area (Å²) in [7, 11) is 3.04. The number of aromatic nitrogens is 2. The molecule has 0 radical (unpaired) electrons. The van der Waals surface area contributed by atoms with Crippen LogP contribution in [0.2, 0.25) is 0 Å². The Kier molecular flexibility index (Phi) is 4.71. The van der Waals surface area contributed by atoms with Crippen molar-refractivity contribution in [1.29, 1.82) is 0 Å². The van der Waals surface area contributed by atoms with Crippen molar-refractivity contribution < 1.29 is 14.5 Å². The fourth-order valence-electron chi connectivity index (χ4n) is 1.86. The first-order chi connectivity index (χ1) is 10.4. The molecule has 0 spiro atoms. The number of carbonyl (C=O) groups excluding carboxylic acids is 1. The third-order valence-electron chi connectivity index (χ3n) is 2.85. The van der Waals surface area contributed by atoms with Crippen molar-refractivity contribution >= 4 is 33.5 Å². The molecule has 1 aromatic heterocycles. The third-order valence-corrected chi connectivity index (χ3v) is 3.34. The fourth-order valence-corrected chi connectivity index (χ4v) is 2.24. The van der Waals surface area contributed by atoms with Crippen molar-refractivity contribution in [2.24, 2.45) is 7.05 Å². The second kappa shape index (κ2) is 6.52. The number of benzene rings is 1. The van der Waals surface area contributed by atoms with Crippen molar-refractivity contribution in [2.75, 3.05) is 7.11 Å². The molecule has 0 aliphatic heterocycles. The number of ether oxygens (including phenoxy) is 1. The summed E-state index contributed by atoms with van der Waals surface area (Å²) in [5.74, 6) is 0.0390. The lowest BCUT2D eigenvalue weighted by Gasteiger charge is -2.04. The molecule has 1 aromatic carbocycles. The molecule has 0 aliphatic rings. The minimum Gasteiger partial charge on any atom is -0.496 e. The average molecular weight is 366 g/mol. The third kappa shape index (κ3) is 3.40. The highest BCUT2D eigenvalue weighted by Gasteiger charge is 2.23. The minimum absolute atomic E-state index is 0.197. The number of allylic oxidation sites excluding steroid dienone is 1. The average Bonchev–Trinajstić information content (AvgIpc) is 2.87. The Balaban J connectivity index is 2.33. The largest absolute Gasteiger partial charge is 0.496 e. The number of carbonyl (C=O) groups is 1. The highest BCUT2D eigenvalue weighted by molar-refractivity contribution is 9.10. The molecular formula is C14H12BrN3O4. The molecule has 2 aromatic rings. The zero-order valence-corrected chi connectivity index (χ0v) is 13.4. The monoisotopic (exact) mass is 365 g/mol. The van der Waals surface area contributed by atoms with E-state index in [2.05, 4.69) is 21.0 Å². The van der Waals surface area contributed by atoms with Crippen LogP contribution < -0.4 is 4.74 Å². The lowest BCUT2D eigenvalue weighted by Crippen LogP contribution is -2.01. The Hall–Kier alpha value is -2.48. The number of halogens is 1. The summed E-state index contributed by atoms with van der Waals surface area (Å²) < 4.78 is 7.25. The maximum absolute atomic E-state index is 12.1. The number of hydrogen-bond acceptors (Lipinski definition) is 5. The lowest BCUT2D eigenvalue weighted by atomic mass is 10.1. The molecule has 7 nitrogen and oxygen atoms in total. The van der Waals surface area contributed by atoms with Crippen molar-refractivity contribution in [2.45, 2.75) is 0 Å². The first-order valence-corrected chi connectivity index (χ1v) is 6.95. The Bertz CT molecular complexity index is 767. The minimum atomic E-state index is -0.631. The molecule has 22 heavy (non-hydrogen) atoms. The van der Waals surface area contributed by atoms with Crippen LogP contribution in [0.5, 0.6) is 5.75 Å². The van der Waals surface area contributed by atoms with E-state index in [1.807, 2.05) is 6.07 Å². The Morgan fingerprint density at radius 1 is 1.50 bits per heavy atom. The maximum Gasteiger partial charge on any atom is 0.318 e. The molecule has 0 atom stereocenters. The zero-order valence-electron chi connectivity index (χ0n) is 11.8. The molecule has 1 heterocycles. The van der Waals surface area contributed by atoms with E-state index in [9.17, 15) is 14.9 Å². The SMILES string of the molecule is COc1ccc(Br)cc1/C=C/C(=O)c1nn(C)cc1[N+](=O)[O-]. The van der Waals surface area contributed by atoms with Crippen LogP contribution in [0.1, 0.15) is 16.1 Å². The van der Waals surface area contributed by atoms with Crippen LogP contribution in [0.25, 0.3) is 6.08 Å². The summed E-state index contributed by atoms with van der Waals surface area (Å²) in [5.41, 5.74) is 0.153. The van der Waals surface area contributed by atoms with Gasteiger partial charge in [0.1, 0.15) is 11.9 Å². The molecule has 0 N–H and O–H groups in total. The van der Waals surface area contributed by atoms with Gasteiger partial charge in [0.2, 0.25) is 11.5 Å². The van der Waals surface area contributed by atoms with E-state index in [1.54, 1.807) is 12.1 Å². The van der Waals surface area contributed by atoms with Gasteiger partial charge in [-0.25, -0.2) is 0 Å². The highest BCUT2D eigenvalue weighted by Crippen LogP contribution is 2.25. The maximum atomic E-state index is 12.1. The van der Waals surface area contributed by atoms with Gasteiger partial charge in [0.15, 0.2) is 0 Å². The van der Waals surface area contributed by atoms with Gasteiger partial charge >= 0.3 is 5.69 Å². The van der Waals surface area contributed by atoms with Crippen LogP contribution in [0.4, 0.5) is 5.69 Å². The van der Waals surface area contributed by atoms with Gasteiger partial charge in [-0.05, 0) is 30.4 Å². The lowest BCUT2D eigenvalue weighted by molar-refractivity contribution is -0.385. The Morgan fingerprint density at radius 3 is 2.86 bits per heavy atom. The first-order valence-electron chi connectivity index (χ1n) is 6.16. The zero-order chi connectivity index (χ0) is 16.3. The summed E-state index contributed by atoms with van der Waals surface area (Å²) in [6.45, 7) is 0. The fraction of sp³-hybridized carbons (Fsp3) is 0.143. The van der Waals surface area contributed by atoms with Gasteiger partial charge in [0.05, 0.1) is 12.0 Å². The summed E-state index contributed by atoms with van der Waals surface area (Å²) in [6.07, 6.45) is 3.96. The van der Waals surface area contributed by atoms with E-state index >= 15 is 0 Å². The molecule has 0 fully saturated rings. The van der Waals surface area contributed by atoms with E-state index in [-0.39, 0.29) is 11.4 Å². The standard InChI is InChI=1S/C14H12BrN3O4/c1-17-8-11(18(20)21)14(16-17)12(19)5-3-9-7-10(15)4-6-13(9)22-2/h3-8H,1-2H3/b5-3+. The number of ketones is 1. The molecule has 8 heteroatoms. The molecule has 2 rings (SSSR count). The predicted octanol–water partition coefficient (Wildman–Crippen LogP) is 3.00. The van der Waals surface area contributed by atoms with Gasteiger partial charge in [0, 0.05) is 17.1 Å². The first kappa shape index (κ1) is 15.9. The van der Waals surface area contributed by atoms with E-state index in [0.717, 1.165) is 4.47 Å². The molecule has 0 saturated heterocycles. The molecular weight excluding hydrogens is 354 g/mol. The van der Waals surface area contributed by atoms with Crippen molar-refractivity contribution in [3.05, 3.63) is 56.3 Å². The molecule has 114 valence electrons. The summed E-state index contributed by atoms with van der Waals surface area (Å²) in [5, 5.41) is 14.7. The molecule has 0 saturated carbocycles. The van der Waals surface area contributed by atoms with Crippen molar-refractivity contribution in [3.8, 4) is 5.75 Å². The summed E-state index contributed by atoms with van der Waals surface area (Å²) >= 11 is 3.33. The molecule has 0 amide bonds. The normalized spacial score (nSPS) is 10.9. The number of nitrogens with zero attached hydrogens (tertiary/aromatic N) is 3. The number of methoxy groups -OCH3 is 1. The van der Waals surface area contributed by atoms with Gasteiger partial charge in [-0.2, -0.15) is 5.10 Å². The van der Waals surface area contributed by atoms with Crippen LogP contribution in [0.3, 0.4) is 0 Å². The van der Waals surface area contributed by atoms with Crippen LogP contribution in [-0.4, -0.2) is 27.6 Å². The van der Waals surface area contributed by atoms with Gasteiger partial charge in [-0.15, -0.1) is 0 Å². The van der Waals surface area contributed by atoms with E-state index < -0.39 is 10.7 Å². The quantitative estimate of drug-likeness (QED) is 0.351. The highest BCUT2D eigenvalue weighted by atomic mass is 79.9. The Morgan fingerprint density at radius 2 is 2.23 bits per heavy atom. The Labute approximate surface area is 134 Å². The molecule has 0 bridgehead atoms. The van der Waals surface area contributed by atoms with Crippen LogP contribution in [0, 0.1) is 10.1 Å². The van der Waals surface area contributed by atoms with Gasteiger partial charge in [0.25, 0.3) is 0 Å². The van der Waals surface area contributed by atoms with E-state index in [0.29, 0.717) is 11.3 Å². The number of hydrogen-bond donors (Lipinski definition) is 0. The predicted molar refractivity (Wildman–Crippen MR) is 83.9 cm³/mol.